The van der Waals surface area contributed by atoms with E-state index in [2.05, 4.69) is 4.72 Å². The van der Waals surface area contributed by atoms with Crippen LogP contribution in [0.2, 0.25) is 0 Å². The molecule has 17 heavy (non-hydrogen) atoms. The molecule has 1 aliphatic carbocycles. The molecule has 0 spiro atoms. The minimum atomic E-state index is -3.77. The molecule has 1 fully saturated rings. The highest BCUT2D eigenvalue weighted by Gasteiger charge is 2.27. The Balaban J connectivity index is 2.59. The van der Waals surface area contributed by atoms with Gasteiger partial charge < -0.3 is 10.8 Å². The van der Waals surface area contributed by atoms with Crippen LogP contribution < -0.4 is 10.5 Å². The molecular formula is C10H20N2O4S. The van der Waals surface area contributed by atoms with Gasteiger partial charge in [-0.1, -0.05) is 19.3 Å². The van der Waals surface area contributed by atoms with Gasteiger partial charge in [0.15, 0.2) is 5.75 Å². The number of aliphatic carboxylic acids is 1. The Kier molecular flexibility index (Phi) is 5.35. The molecule has 100 valence electrons. The minimum absolute atomic E-state index is 0.212. The zero-order valence-electron chi connectivity index (χ0n) is 9.76. The van der Waals surface area contributed by atoms with Crippen LogP contribution in [0.1, 0.15) is 32.1 Å². The van der Waals surface area contributed by atoms with Gasteiger partial charge in [0.2, 0.25) is 10.0 Å². The first kappa shape index (κ1) is 14.4. The molecular weight excluding hydrogens is 244 g/mol. The Morgan fingerprint density at radius 3 is 2.41 bits per heavy atom. The average Bonchev–Trinajstić information content (AvgIpc) is 2.25. The third-order valence-corrected chi connectivity index (χ3v) is 4.41. The van der Waals surface area contributed by atoms with Gasteiger partial charge >= 0.3 is 5.97 Å². The van der Waals surface area contributed by atoms with Gasteiger partial charge in [0.1, 0.15) is 0 Å². The van der Waals surface area contributed by atoms with E-state index in [-0.39, 0.29) is 18.5 Å². The molecule has 4 N–H and O–H groups in total. The number of hydrogen-bond acceptors (Lipinski definition) is 4. The summed E-state index contributed by atoms with van der Waals surface area (Å²) in [4.78, 5) is 10.4. The zero-order chi connectivity index (χ0) is 12.9. The Morgan fingerprint density at radius 1 is 1.35 bits per heavy atom. The molecule has 0 aliphatic heterocycles. The zero-order valence-corrected chi connectivity index (χ0v) is 10.6. The summed E-state index contributed by atoms with van der Waals surface area (Å²) >= 11 is 0. The van der Waals surface area contributed by atoms with Crippen LogP contribution in [-0.4, -0.2) is 37.8 Å². The number of hydrogen-bond donors (Lipinski definition) is 3. The van der Waals surface area contributed by atoms with Gasteiger partial charge in [-0.15, -0.1) is 0 Å². The van der Waals surface area contributed by atoms with E-state index in [1.165, 1.54) is 6.42 Å². The van der Waals surface area contributed by atoms with Crippen molar-refractivity contribution in [2.75, 3.05) is 12.3 Å². The molecule has 0 saturated heterocycles. The summed E-state index contributed by atoms with van der Waals surface area (Å²) in [7, 11) is -3.77. The summed E-state index contributed by atoms with van der Waals surface area (Å²) < 4.78 is 25.4. The van der Waals surface area contributed by atoms with Crippen molar-refractivity contribution >= 4 is 16.0 Å². The Morgan fingerprint density at radius 2 is 1.94 bits per heavy atom. The fourth-order valence-electron chi connectivity index (χ4n) is 2.31. The molecule has 0 amide bonds. The summed E-state index contributed by atoms with van der Waals surface area (Å²) in [6.45, 7) is 0.212. The van der Waals surface area contributed by atoms with Gasteiger partial charge in [-0.25, -0.2) is 13.1 Å². The summed E-state index contributed by atoms with van der Waals surface area (Å²) in [5.74, 6) is -2.01. The van der Waals surface area contributed by atoms with Gasteiger partial charge in [-0.3, -0.25) is 4.79 Å². The SMILES string of the molecule is NCC(NS(=O)(=O)CC(=O)O)C1CCCCC1. The van der Waals surface area contributed by atoms with E-state index in [1.54, 1.807) is 0 Å². The number of carboxylic acids is 1. The molecule has 1 rings (SSSR count). The molecule has 0 bridgehead atoms. The third-order valence-electron chi connectivity index (χ3n) is 3.12. The number of sulfonamides is 1. The van der Waals surface area contributed by atoms with Crippen molar-refractivity contribution in [1.82, 2.24) is 4.72 Å². The standard InChI is InChI=1S/C10H20N2O4S/c11-6-9(8-4-2-1-3-5-8)12-17(15,16)7-10(13)14/h8-9,12H,1-7,11H2,(H,13,14). The van der Waals surface area contributed by atoms with Crippen LogP contribution in [0.25, 0.3) is 0 Å². The smallest absolute Gasteiger partial charge is 0.320 e. The molecule has 7 heteroatoms. The van der Waals surface area contributed by atoms with Crippen molar-refractivity contribution in [3.05, 3.63) is 0 Å². The van der Waals surface area contributed by atoms with Gasteiger partial charge in [-0.2, -0.15) is 0 Å². The molecule has 1 aliphatic rings. The van der Waals surface area contributed by atoms with Crippen LogP contribution in [0.5, 0.6) is 0 Å². The lowest BCUT2D eigenvalue weighted by molar-refractivity contribution is -0.134. The van der Waals surface area contributed by atoms with Crippen LogP contribution in [0.15, 0.2) is 0 Å². The second-order valence-electron chi connectivity index (χ2n) is 4.51. The fraction of sp³-hybridized carbons (Fsp3) is 0.900. The molecule has 1 saturated carbocycles. The summed E-state index contributed by atoms with van der Waals surface area (Å²) in [5.41, 5.74) is 5.57. The Labute approximate surface area is 102 Å². The van der Waals surface area contributed by atoms with E-state index in [0.29, 0.717) is 0 Å². The lowest BCUT2D eigenvalue weighted by Gasteiger charge is -2.29. The van der Waals surface area contributed by atoms with E-state index in [1.807, 2.05) is 0 Å². The van der Waals surface area contributed by atoms with Crippen LogP contribution in [0, 0.1) is 5.92 Å². The largest absolute Gasteiger partial charge is 0.480 e. The maximum Gasteiger partial charge on any atom is 0.320 e. The molecule has 0 aromatic carbocycles. The maximum atomic E-state index is 11.5. The van der Waals surface area contributed by atoms with Gasteiger partial charge in [0, 0.05) is 12.6 Å². The van der Waals surface area contributed by atoms with E-state index in [9.17, 15) is 13.2 Å². The van der Waals surface area contributed by atoms with Crippen LogP contribution in [-0.2, 0) is 14.8 Å². The first-order valence-corrected chi connectivity index (χ1v) is 7.51. The average molecular weight is 264 g/mol. The molecule has 0 aromatic rings. The lowest BCUT2D eigenvalue weighted by Crippen LogP contribution is -2.47. The predicted molar refractivity (Wildman–Crippen MR) is 64.0 cm³/mol. The normalized spacial score (nSPS) is 20.1. The number of nitrogens with two attached hydrogens (primary N) is 1. The van der Waals surface area contributed by atoms with E-state index in [0.717, 1.165) is 25.7 Å². The summed E-state index contributed by atoms with van der Waals surface area (Å²) in [6.07, 6.45) is 5.26. The van der Waals surface area contributed by atoms with Gasteiger partial charge in [0.05, 0.1) is 0 Å². The molecule has 1 atom stereocenters. The van der Waals surface area contributed by atoms with Crippen molar-refractivity contribution in [2.24, 2.45) is 11.7 Å². The van der Waals surface area contributed by atoms with Crippen molar-refractivity contribution in [3.63, 3.8) is 0 Å². The Bertz CT molecular complexity index is 349. The highest BCUT2D eigenvalue weighted by atomic mass is 32.2. The van der Waals surface area contributed by atoms with E-state index >= 15 is 0 Å². The first-order chi connectivity index (χ1) is 7.94. The Hall–Kier alpha value is -0.660. The third kappa shape index (κ3) is 5.01. The van der Waals surface area contributed by atoms with Crippen LogP contribution in [0.4, 0.5) is 0 Å². The second kappa shape index (κ2) is 6.32. The predicted octanol–water partition coefficient (Wildman–Crippen LogP) is -0.102. The quantitative estimate of drug-likeness (QED) is 0.620. The monoisotopic (exact) mass is 264 g/mol. The molecule has 6 nitrogen and oxygen atoms in total. The highest BCUT2D eigenvalue weighted by molar-refractivity contribution is 7.90. The molecule has 0 aromatic heterocycles. The van der Waals surface area contributed by atoms with Crippen LogP contribution >= 0.6 is 0 Å². The van der Waals surface area contributed by atoms with Crippen molar-refractivity contribution in [1.29, 1.82) is 0 Å². The van der Waals surface area contributed by atoms with Crippen molar-refractivity contribution < 1.29 is 18.3 Å². The number of rotatable bonds is 6. The number of nitrogens with one attached hydrogen (secondary N) is 1. The topological polar surface area (TPSA) is 109 Å². The fourth-order valence-corrected chi connectivity index (χ4v) is 3.47. The number of carboxylic acid groups (broad SMARTS) is 1. The van der Waals surface area contributed by atoms with E-state index < -0.39 is 21.7 Å². The highest BCUT2D eigenvalue weighted by Crippen LogP contribution is 2.26. The second-order valence-corrected chi connectivity index (χ2v) is 6.26. The van der Waals surface area contributed by atoms with Gasteiger partial charge in [0.25, 0.3) is 0 Å². The lowest BCUT2D eigenvalue weighted by atomic mass is 9.84. The van der Waals surface area contributed by atoms with Crippen molar-refractivity contribution in [2.45, 2.75) is 38.1 Å². The van der Waals surface area contributed by atoms with Gasteiger partial charge in [-0.05, 0) is 18.8 Å². The molecule has 0 radical (unpaired) electrons. The molecule has 1 unspecified atom stereocenters. The van der Waals surface area contributed by atoms with Crippen LogP contribution in [0.3, 0.4) is 0 Å². The van der Waals surface area contributed by atoms with Crippen molar-refractivity contribution in [3.8, 4) is 0 Å². The van der Waals surface area contributed by atoms with E-state index in [4.69, 9.17) is 10.8 Å². The molecule has 0 heterocycles. The number of carbonyl (C=O) groups is 1. The maximum absolute atomic E-state index is 11.5. The minimum Gasteiger partial charge on any atom is -0.480 e. The summed E-state index contributed by atoms with van der Waals surface area (Å²) in [5, 5.41) is 8.49. The summed E-state index contributed by atoms with van der Waals surface area (Å²) in [6, 6.07) is -0.334. The first-order valence-electron chi connectivity index (χ1n) is 5.86.